The quantitative estimate of drug-likeness (QED) is 0.107. The zero-order valence-corrected chi connectivity index (χ0v) is 63.5. The molecule has 0 fully saturated rings. The molecule has 9 heterocycles. The van der Waals surface area contributed by atoms with Gasteiger partial charge in [-0.3, -0.25) is 0 Å². The van der Waals surface area contributed by atoms with Crippen LogP contribution in [0.1, 0.15) is 104 Å². The molecule has 18 rings (SSSR count). The molecule has 21 heteroatoms. The van der Waals surface area contributed by atoms with Crippen molar-refractivity contribution in [2.45, 2.75) is 159 Å². The maximum absolute atomic E-state index is 5.91. The van der Waals surface area contributed by atoms with Gasteiger partial charge in [0.05, 0.1) is 39.6 Å². The SMILES string of the molecule is C.C.C.C.C.CB1OCc2cc(Oc3ccc(C)cc3)ccc21.CB1OCc2cc(Oc3ccc(C)cn3)ccc21.CB1OCc2cc(Oc3cccc(C)c3)ccc21.CB1OCc2cc(Oc3cccc(C)n3)ccc21.CB1OCc2cc(Oc3ccccc3C)ccc21.CB1OCc2cc(Oc3ncccc3C)ccc21. The molecule has 0 atom stereocenters. The summed E-state index contributed by atoms with van der Waals surface area (Å²) in [6.45, 7) is 29.7. The maximum atomic E-state index is 5.91. The second-order valence-electron chi connectivity index (χ2n) is 27.8. The van der Waals surface area contributed by atoms with Crippen LogP contribution < -0.4 is 61.2 Å². The first kappa shape index (κ1) is 88.0. The molecule has 0 saturated heterocycles. The van der Waals surface area contributed by atoms with Crippen LogP contribution in [0.15, 0.2) is 237 Å². The highest BCUT2D eigenvalue weighted by Crippen LogP contribution is 2.31. The van der Waals surface area contributed by atoms with Crippen LogP contribution >= 0.6 is 0 Å². The first-order valence-corrected chi connectivity index (χ1v) is 36.9. The van der Waals surface area contributed by atoms with Gasteiger partial charge in [0.25, 0.3) is 0 Å². The Labute approximate surface area is 674 Å². The molecule has 3 aromatic heterocycles. The van der Waals surface area contributed by atoms with Crippen molar-refractivity contribution in [1.29, 1.82) is 0 Å². The van der Waals surface area contributed by atoms with Gasteiger partial charge in [-0.2, -0.15) is 0 Å². The van der Waals surface area contributed by atoms with Gasteiger partial charge in [-0.25, -0.2) is 15.0 Å². The molecule has 6 aliphatic heterocycles. The van der Waals surface area contributed by atoms with Crippen molar-refractivity contribution in [2.75, 3.05) is 0 Å². The fraction of sp³-hybridized carbons (Fsp3) is 0.250. The predicted octanol–water partition coefficient (Wildman–Crippen LogP) is 20.2. The molecule has 9 aromatic carbocycles. The second-order valence-corrected chi connectivity index (χ2v) is 27.8. The first-order chi connectivity index (χ1) is 52.4. The van der Waals surface area contributed by atoms with Crippen LogP contribution in [-0.2, 0) is 67.6 Å². The number of nitrogens with zero attached hydrogens (tertiary/aromatic N) is 3. The van der Waals surface area contributed by atoms with Gasteiger partial charge in [-0.1, -0.05) is 181 Å². The van der Waals surface area contributed by atoms with Gasteiger partial charge < -0.3 is 56.3 Å². The lowest BCUT2D eigenvalue weighted by molar-refractivity contribution is 0.333. The molecule has 0 unspecified atom stereocenters. The largest absolute Gasteiger partial charge is 0.457 e. The van der Waals surface area contributed by atoms with E-state index in [1.807, 2.05) is 191 Å². The van der Waals surface area contributed by atoms with Crippen molar-refractivity contribution in [2.24, 2.45) is 0 Å². The third-order valence-corrected chi connectivity index (χ3v) is 19.4. The Hall–Kier alpha value is -10.6. The van der Waals surface area contributed by atoms with Crippen LogP contribution in [-0.4, -0.2) is 56.4 Å². The van der Waals surface area contributed by atoms with Crippen molar-refractivity contribution in [3.63, 3.8) is 0 Å². The summed E-state index contributed by atoms with van der Waals surface area (Å²) in [4.78, 5) is 12.8. The van der Waals surface area contributed by atoms with Gasteiger partial charge in [0, 0.05) is 35.8 Å². The van der Waals surface area contributed by atoms with Crippen LogP contribution in [0.3, 0.4) is 0 Å². The lowest BCUT2D eigenvalue weighted by atomic mass is 9.64. The van der Waals surface area contributed by atoms with E-state index in [9.17, 15) is 0 Å². The second kappa shape index (κ2) is 41.2. The van der Waals surface area contributed by atoms with Crippen molar-refractivity contribution >= 4 is 74.3 Å². The molecular formula is C92H107B6N3O12. The minimum Gasteiger partial charge on any atom is -0.457 e. The highest BCUT2D eigenvalue weighted by molar-refractivity contribution is 6.69. The number of aromatic nitrogens is 3. The molecule has 15 nitrogen and oxygen atoms in total. The van der Waals surface area contributed by atoms with Crippen molar-refractivity contribution in [3.05, 3.63) is 304 Å². The van der Waals surface area contributed by atoms with E-state index in [0.717, 1.165) is 74.1 Å². The average molecular weight is 1510 g/mol. The molecule has 12 aromatic rings. The fourth-order valence-electron chi connectivity index (χ4n) is 13.2. The van der Waals surface area contributed by atoms with E-state index in [-0.39, 0.29) is 78.6 Å². The summed E-state index contributed by atoms with van der Waals surface area (Å²) in [5, 5.41) is 0. The number of fused-ring (bicyclic) bond motifs is 6. The van der Waals surface area contributed by atoms with E-state index in [1.165, 1.54) is 77.3 Å². The molecule has 580 valence electrons. The molecule has 113 heavy (non-hydrogen) atoms. The topological polar surface area (TPSA) is 149 Å². The third kappa shape index (κ3) is 23.3. The first-order valence-electron chi connectivity index (χ1n) is 36.9. The molecule has 0 amide bonds. The minimum absolute atomic E-state index is 0. The van der Waals surface area contributed by atoms with Gasteiger partial charge in [0.1, 0.15) is 51.7 Å². The Kier molecular flexibility index (Phi) is 32.1. The molecular weight excluding hydrogens is 1400 g/mol. The zero-order chi connectivity index (χ0) is 75.2. The van der Waals surface area contributed by atoms with Crippen LogP contribution in [0, 0.1) is 41.5 Å². The van der Waals surface area contributed by atoms with E-state index >= 15 is 0 Å². The van der Waals surface area contributed by atoms with Crippen molar-refractivity contribution < 1.29 is 56.3 Å². The third-order valence-electron chi connectivity index (χ3n) is 19.4. The average Bonchev–Trinajstić information content (AvgIpc) is 1.79. The highest BCUT2D eigenvalue weighted by atomic mass is 16.5. The Balaban J connectivity index is 0.000000168. The highest BCUT2D eigenvalue weighted by Gasteiger charge is 2.29. The van der Waals surface area contributed by atoms with Crippen molar-refractivity contribution in [1.82, 2.24) is 15.0 Å². The number of pyridine rings is 3. The Morgan fingerprint density at radius 3 is 1.04 bits per heavy atom. The van der Waals surface area contributed by atoms with E-state index < -0.39 is 0 Å². The smallest absolute Gasteiger partial charge is 0.324 e. The molecule has 6 aliphatic rings. The fourth-order valence-corrected chi connectivity index (χ4v) is 13.2. The Bertz CT molecular complexity index is 4780. The van der Waals surface area contributed by atoms with Crippen LogP contribution in [0.5, 0.6) is 69.4 Å². The van der Waals surface area contributed by atoms with E-state index in [4.69, 9.17) is 56.3 Å². The normalized spacial score (nSPS) is 13.0. The van der Waals surface area contributed by atoms with Gasteiger partial charge in [-0.15, -0.1) is 0 Å². The monoisotopic (exact) mass is 1510 g/mol. The van der Waals surface area contributed by atoms with Gasteiger partial charge in [0.15, 0.2) is 0 Å². The molecule has 0 aliphatic carbocycles. The Morgan fingerprint density at radius 1 is 0.274 bits per heavy atom. The zero-order valence-electron chi connectivity index (χ0n) is 63.5. The van der Waals surface area contributed by atoms with Crippen molar-refractivity contribution in [3.8, 4) is 69.4 Å². The molecule has 0 saturated carbocycles. The van der Waals surface area contributed by atoms with E-state index in [0.29, 0.717) is 57.3 Å². The minimum atomic E-state index is 0. The molecule has 0 spiro atoms. The summed E-state index contributed by atoms with van der Waals surface area (Å²) >= 11 is 0. The van der Waals surface area contributed by atoms with Gasteiger partial charge in [0.2, 0.25) is 17.6 Å². The standard InChI is InChI=1S/3C15H15BO2.3C14H14BNO2.5CH4/c1-11-3-5-13(6-4-11)18-14-7-8-15-12(9-14)10-17-16(15)2;1-11-4-3-5-13(8-11)18-14-6-7-15-12(9-14)10-17-16(15)2;1-11-5-3-4-6-15(11)18-13-7-8-14-12(9-13)10-17-16(14)2;1-10-3-6-14(16-8-10)18-12-4-5-13-11(7-12)9-17-15(13)2;1-10-4-3-7-16-14(10)18-12-5-6-13-11(8-12)9-17-15(13)2;1-10-4-3-5-14(16-10)18-12-6-7-13-11(8-12)9-17-15(13)2;;;;;/h3*3-9H,10H2,1-2H3;3*3-8H,9H2,1-2H3;5*1H4. The summed E-state index contributed by atoms with van der Waals surface area (Å²) in [6.07, 6.45) is 3.54. The predicted molar refractivity (Wildman–Crippen MR) is 469 cm³/mol. The molecule has 0 N–H and O–H groups in total. The number of aryl methyl sites for hydroxylation is 6. The Morgan fingerprint density at radius 2 is 0.637 bits per heavy atom. The lowest BCUT2D eigenvalue weighted by Crippen LogP contribution is -2.23. The van der Waals surface area contributed by atoms with Gasteiger partial charge in [-0.05, 0) is 240 Å². The number of hydrogen-bond donors (Lipinski definition) is 0. The van der Waals surface area contributed by atoms with Gasteiger partial charge >= 0.3 is 41.5 Å². The summed E-state index contributed by atoms with van der Waals surface area (Å²) in [5.41, 5.74) is 21.5. The number of benzene rings is 9. The van der Waals surface area contributed by atoms with Crippen LogP contribution in [0.25, 0.3) is 0 Å². The number of para-hydroxylation sites is 1. The van der Waals surface area contributed by atoms with E-state index in [2.05, 4.69) is 130 Å². The number of rotatable bonds is 12. The van der Waals surface area contributed by atoms with E-state index in [1.54, 1.807) is 12.4 Å². The number of hydrogen-bond acceptors (Lipinski definition) is 15. The lowest BCUT2D eigenvalue weighted by Gasteiger charge is -2.09. The summed E-state index contributed by atoms with van der Waals surface area (Å²) in [6, 6.07) is 74.4. The molecule has 0 radical (unpaired) electrons. The van der Waals surface area contributed by atoms with Crippen LogP contribution in [0.2, 0.25) is 40.9 Å². The van der Waals surface area contributed by atoms with Crippen LogP contribution in [0.4, 0.5) is 0 Å². The molecule has 0 bridgehead atoms. The summed E-state index contributed by atoms with van der Waals surface area (Å²) in [7, 11) is 0. The summed E-state index contributed by atoms with van der Waals surface area (Å²) in [5.74, 6) is 9.60. The summed E-state index contributed by atoms with van der Waals surface area (Å²) < 4.78 is 68.4. The number of ether oxygens (including phenoxy) is 6. The maximum Gasteiger partial charge on any atom is 0.324 e.